The predicted molar refractivity (Wildman–Crippen MR) is 61.8 cm³/mol. The molecule has 0 aliphatic heterocycles. The molecule has 0 fully saturated rings. The molecule has 0 aliphatic rings. The molecule has 0 saturated carbocycles. The summed E-state index contributed by atoms with van der Waals surface area (Å²) in [5.74, 6) is -2.21. The largest absolute Gasteiger partial charge is 0.550 e. The number of aromatic amines is 1. The number of carbonyl (C=O) groups excluding carboxylic acids is 2. The van der Waals surface area contributed by atoms with Crippen LogP contribution >= 0.6 is 0 Å². The topological polar surface area (TPSA) is 99.3 Å². The molecule has 6 nitrogen and oxygen atoms in total. The number of carboxylic acid groups (broad SMARTS) is 2. The van der Waals surface area contributed by atoms with Gasteiger partial charge in [0.2, 0.25) is 0 Å². The van der Waals surface area contributed by atoms with Gasteiger partial charge in [0.25, 0.3) is 0 Å². The number of aromatic nitrogens is 1. The van der Waals surface area contributed by atoms with Crippen LogP contribution in [0.3, 0.4) is 0 Å². The molecule has 100 valence electrons. The third-order valence-electron chi connectivity index (χ3n) is 2.64. The number of hydrogen-bond acceptors (Lipinski definition) is 5. The van der Waals surface area contributed by atoms with E-state index in [-0.39, 0.29) is 12.8 Å². The van der Waals surface area contributed by atoms with Gasteiger partial charge in [0, 0.05) is 37.9 Å². The number of carboxylic acids is 2. The van der Waals surface area contributed by atoms with Crippen molar-refractivity contribution in [2.45, 2.75) is 25.7 Å². The molecule has 1 rings (SSSR count). The van der Waals surface area contributed by atoms with Gasteiger partial charge in [-0.3, -0.25) is 0 Å². The highest BCUT2D eigenvalue weighted by molar-refractivity contribution is 5.67. The number of rotatable bonds is 7. The average Bonchev–Trinajstić information content (AvgIpc) is 2.66. The molecule has 18 heavy (non-hydrogen) atoms. The maximum Gasteiger partial charge on any atom is 0.0604 e. The minimum Gasteiger partial charge on any atom is -0.550 e. The minimum absolute atomic E-state index is 0.0569. The van der Waals surface area contributed by atoms with E-state index in [0.717, 1.165) is 16.9 Å². The number of carbonyl (C=O) groups is 2. The van der Waals surface area contributed by atoms with Gasteiger partial charge in [0.05, 0.1) is 5.69 Å². The molecule has 0 aliphatic carbocycles. The fourth-order valence-electron chi connectivity index (χ4n) is 1.91. The van der Waals surface area contributed by atoms with E-state index in [4.69, 9.17) is 0 Å². The Labute approximate surface area is 105 Å². The van der Waals surface area contributed by atoms with Crippen molar-refractivity contribution >= 4 is 17.6 Å². The SMILES string of the molecule is CN(C)c1c(CCC(=O)[O-])c[nH]c1CCC(=O)[O-]. The Bertz CT molecular complexity index is 402. The summed E-state index contributed by atoms with van der Waals surface area (Å²) in [5, 5.41) is 20.9. The van der Waals surface area contributed by atoms with Crippen molar-refractivity contribution < 1.29 is 19.8 Å². The van der Waals surface area contributed by atoms with Gasteiger partial charge >= 0.3 is 0 Å². The lowest BCUT2D eigenvalue weighted by molar-refractivity contribution is -0.307. The molecule has 6 heteroatoms. The maximum atomic E-state index is 10.5. The van der Waals surface area contributed by atoms with E-state index >= 15 is 0 Å². The molecule has 1 heterocycles. The van der Waals surface area contributed by atoms with Crippen LogP contribution in [0.25, 0.3) is 0 Å². The van der Waals surface area contributed by atoms with Crippen molar-refractivity contribution in [2.24, 2.45) is 0 Å². The predicted octanol–water partition coefficient (Wildman–Crippen LogP) is -1.55. The number of nitrogens with zero attached hydrogens (tertiary/aromatic N) is 1. The molecular weight excluding hydrogens is 236 g/mol. The fraction of sp³-hybridized carbons (Fsp3) is 0.500. The molecular formula is C12H16N2O4-2. The second-order valence-electron chi connectivity index (χ2n) is 4.28. The highest BCUT2D eigenvalue weighted by Crippen LogP contribution is 2.25. The first-order chi connectivity index (χ1) is 8.41. The Hall–Kier alpha value is -1.98. The summed E-state index contributed by atoms with van der Waals surface area (Å²) in [5.41, 5.74) is 2.47. The van der Waals surface area contributed by atoms with Crippen molar-refractivity contribution in [3.63, 3.8) is 0 Å². The van der Waals surface area contributed by atoms with Crippen LogP contribution in [0.5, 0.6) is 0 Å². The highest BCUT2D eigenvalue weighted by atomic mass is 16.4. The molecule has 0 amide bonds. The van der Waals surface area contributed by atoms with Crippen molar-refractivity contribution in [3.8, 4) is 0 Å². The normalized spacial score (nSPS) is 10.3. The van der Waals surface area contributed by atoms with E-state index in [2.05, 4.69) is 4.98 Å². The zero-order valence-corrected chi connectivity index (χ0v) is 10.5. The van der Waals surface area contributed by atoms with Gasteiger partial charge in [-0.25, -0.2) is 0 Å². The molecule has 0 spiro atoms. The third-order valence-corrected chi connectivity index (χ3v) is 2.64. The van der Waals surface area contributed by atoms with Crippen molar-refractivity contribution in [1.29, 1.82) is 0 Å². The molecule has 0 saturated heterocycles. The Morgan fingerprint density at radius 2 is 1.72 bits per heavy atom. The van der Waals surface area contributed by atoms with Gasteiger partial charge in [0.15, 0.2) is 0 Å². The van der Waals surface area contributed by atoms with E-state index in [1.807, 2.05) is 19.0 Å². The Balaban J connectivity index is 2.84. The van der Waals surface area contributed by atoms with Crippen LogP contribution < -0.4 is 15.1 Å². The molecule has 0 unspecified atom stereocenters. The number of anilines is 1. The van der Waals surface area contributed by atoms with Crippen LogP contribution in [-0.2, 0) is 22.4 Å². The molecule has 0 bridgehead atoms. The number of H-pyrrole nitrogens is 1. The summed E-state index contributed by atoms with van der Waals surface area (Å²) < 4.78 is 0. The van der Waals surface area contributed by atoms with E-state index in [1.54, 1.807) is 6.20 Å². The van der Waals surface area contributed by atoms with Gasteiger partial charge in [-0.1, -0.05) is 0 Å². The number of aryl methyl sites for hydroxylation is 2. The first kappa shape index (κ1) is 14.1. The van der Waals surface area contributed by atoms with E-state index in [9.17, 15) is 19.8 Å². The summed E-state index contributed by atoms with van der Waals surface area (Å²) in [7, 11) is 3.66. The second kappa shape index (κ2) is 6.09. The number of hydrogen-bond donors (Lipinski definition) is 1. The Kier molecular flexibility index (Phi) is 4.76. The smallest absolute Gasteiger partial charge is 0.0604 e. The molecule has 1 aromatic rings. The van der Waals surface area contributed by atoms with Gasteiger partial charge in [-0.15, -0.1) is 0 Å². The van der Waals surface area contributed by atoms with E-state index in [1.165, 1.54) is 0 Å². The third kappa shape index (κ3) is 3.80. The van der Waals surface area contributed by atoms with Crippen LogP contribution in [0.2, 0.25) is 0 Å². The van der Waals surface area contributed by atoms with Gasteiger partial charge in [0.1, 0.15) is 0 Å². The van der Waals surface area contributed by atoms with Crippen LogP contribution in [-0.4, -0.2) is 31.0 Å². The lowest BCUT2D eigenvalue weighted by Gasteiger charge is -2.16. The van der Waals surface area contributed by atoms with Crippen LogP contribution in [0, 0.1) is 0 Å². The molecule has 0 atom stereocenters. The quantitative estimate of drug-likeness (QED) is 0.633. The number of nitrogens with one attached hydrogen (secondary N) is 1. The summed E-state index contributed by atoms with van der Waals surface area (Å²) in [6.07, 6.45) is 2.28. The van der Waals surface area contributed by atoms with Crippen LogP contribution in [0.4, 0.5) is 5.69 Å². The zero-order chi connectivity index (χ0) is 13.7. The van der Waals surface area contributed by atoms with Gasteiger partial charge in [-0.05, 0) is 31.2 Å². The summed E-state index contributed by atoms with van der Waals surface area (Å²) in [6.45, 7) is 0. The fourth-order valence-corrected chi connectivity index (χ4v) is 1.91. The maximum absolute atomic E-state index is 10.5. The molecule has 1 N–H and O–H groups in total. The monoisotopic (exact) mass is 252 g/mol. The summed E-state index contributed by atoms with van der Waals surface area (Å²) >= 11 is 0. The lowest BCUT2D eigenvalue weighted by Crippen LogP contribution is -2.23. The first-order valence-electron chi connectivity index (χ1n) is 5.68. The summed E-state index contributed by atoms with van der Waals surface area (Å²) in [4.78, 5) is 25.7. The van der Waals surface area contributed by atoms with Gasteiger partial charge in [-0.2, -0.15) is 0 Å². The lowest BCUT2D eigenvalue weighted by atomic mass is 10.1. The second-order valence-corrected chi connectivity index (χ2v) is 4.28. The molecule has 1 aromatic heterocycles. The average molecular weight is 252 g/mol. The van der Waals surface area contributed by atoms with Crippen molar-refractivity contribution in [1.82, 2.24) is 4.98 Å². The highest BCUT2D eigenvalue weighted by Gasteiger charge is 2.12. The van der Waals surface area contributed by atoms with Crippen LogP contribution in [0.1, 0.15) is 24.1 Å². The van der Waals surface area contributed by atoms with E-state index in [0.29, 0.717) is 12.8 Å². The molecule has 0 aromatic carbocycles. The summed E-state index contributed by atoms with van der Waals surface area (Å²) in [6, 6.07) is 0. The molecule has 0 radical (unpaired) electrons. The Morgan fingerprint density at radius 1 is 1.17 bits per heavy atom. The first-order valence-corrected chi connectivity index (χ1v) is 5.68. The van der Waals surface area contributed by atoms with Crippen LogP contribution in [0.15, 0.2) is 6.20 Å². The van der Waals surface area contributed by atoms with Crippen molar-refractivity contribution in [3.05, 3.63) is 17.5 Å². The van der Waals surface area contributed by atoms with Gasteiger partial charge < -0.3 is 29.7 Å². The van der Waals surface area contributed by atoms with E-state index < -0.39 is 11.9 Å². The Morgan fingerprint density at radius 3 is 2.22 bits per heavy atom. The minimum atomic E-state index is -1.11. The standard InChI is InChI=1S/C12H18N2O4/c1-14(2)12-8(3-5-10(15)16)7-13-9(12)4-6-11(17)18/h7,13H,3-6H2,1-2H3,(H,15,16)(H,17,18)/p-2. The zero-order valence-electron chi connectivity index (χ0n) is 10.5. The number of aliphatic carboxylic acids is 2. The van der Waals surface area contributed by atoms with Crippen molar-refractivity contribution in [2.75, 3.05) is 19.0 Å².